The summed E-state index contributed by atoms with van der Waals surface area (Å²) in [6.07, 6.45) is 2.10. The third-order valence-electron chi connectivity index (χ3n) is 1.92. The zero-order chi connectivity index (χ0) is 13.3. The number of amides is 2. The summed E-state index contributed by atoms with van der Waals surface area (Å²) in [5.74, 6) is -0.705. The lowest BCUT2D eigenvalue weighted by molar-refractivity contribution is -0.139. The Morgan fingerprint density at radius 2 is 2.06 bits per heavy atom. The van der Waals surface area contributed by atoms with Crippen LogP contribution >= 0.6 is 0 Å². The van der Waals surface area contributed by atoms with Crippen LogP contribution in [0.25, 0.3) is 0 Å². The fourth-order valence-electron chi connectivity index (χ4n) is 1.07. The normalized spacial score (nSPS) is 13.8. The number of aliphatic hydroxyl groups is 1. The van der Waals surface area contributed by atoms with E-state index < -0.39 is 28.8 Å². The maximum absolute atomic E-state index is 11.2. The van der Waals surface area contributed by atoms with Gasteiger partial charge in [-0.15, -0.1) is 0 Å². The van der Waals surface area contributed by atoms with Gasteiger partial charge in [0.25, 0.3) is 0 Å². The smallest absolute Gasteiger partial charge is 0.326 e. The van der Waals surface area contributed by atoms with E-state index >= 15 is 0 Å². The molecule has 0 spiro atoms. The Labute approximate surface area is 102 Å². The number of hydrogen-bond acceptors (Lipinski definition) is 4. The van der Waals surface area contributed by atoms with Gasteiger partial charge in [-0.2, -0.15) is 0 Å². The summed E-state index contributed by atoms with van der Waals surface area (Å²) in [4.78, 5) is 21.9. The standard InChI is InChI=1S/C9H18N2O5S/c1-17(16)6-2-4-10-9(15)11-7(3-5-12)8(13)14/h7,12H,2-6H2,1H3,(H,13,14)(H2,10,11,15). The van der Waals surface area contributed by atoms with Crippen molar-refractivity contribution in [2.24, 2.45) is 0 Å². The van der Waals surface area contributed by atoms with E-state index in [9.17, 15) is 13.8 Å². The number of hydrogen-bond donors (Lipinski definition) is 4. The van der Waals surface area contributed by atoms with Gasteiger partial charge in [-0.25, -0.2) is 9.59 Å². The number of rotatable bonds is 8. The van der Waals surface area contributed by atoms with E-state index in [4.69, 9.17) is 10.2 Å². The molecule has 0 bridgehead atoms. The number of urea groups is 1. The van der Waals surface area contributed by atoms with Gasteiger partial charge >= 0.3 is 12.0 Å². The van der Waals surface area contributed by atoms with Crippen molar-refractivity contribution in [2.45, 2.75) is 18.9 Å². The molecule has 2 amide bonds. The summed E-state index contributed by atoms with van der Waals surface area (Å²) < 4.78 is 10.7. The van der Waals surface area contributed by atoms with Crippen molar-refractivity contribution < 1.29 is 24.0 Å². The van der Waals surface area contributed by atoms with Gasteiger partial charge < -0.3 is 20.8 Å². The average Bonchev–Trinajstić information content (AvgIpc) is 2.23. The molecule has 0 aromatic heterocycles. The van der Waals surface area contributed by atoms with Crippen LogP contribution in [0.3, 0.4) is 0 Å². The minimum absolute atomic E-state index is 0.0400. The van der Waals surface area contributed by atoms with E-state index in [1.54, 1.807) is 6.26 Å². The first kappa shape index (κ1) is 15.9. The Balaban J connectivity index is 3.82. The monoisotopic (exact) mass is 266 g/mol. The highest BCUT2D eigenvalue weighted by molar-refractivity contribution is 7.84. The maximum atomic E-state index is 11.2. The van der Waals surface area contributed by atoms with Crippen LogP contribution in [-0.4, -0.2) is 57.6 Å². The lowest BCUT2D eigenvalue weighted by atomic mass is 10.2. The van der Waals surface area contributed by atoms with E-state index in [2.05, 4.69) is 10.6 Å². The van der Waals surface area contributed by atoms with Crippen LogP contribution in [-0.2, 0) is 15.6 Å². The number of carboxylic acids is 1. The van der Waals surface area contributed by atoms with Gasteiger partial charge in [-0.3, -0.25) is 4.21 Å². The molecule has 0 aliphatic rings. The molecular formula is C9H18N2O5S. The molecule has 0 radical (unpaired) electrons. The first-order chi connectivity index (χ1) is 7.97. The second kappa shape index (κ2) is 8.94. The van der Waals surface area contributed by atoms with Crippen molar-refractivity contribution in [1.82, 2.24) is 10.6 Å². The van der Waals surface area contributed by atoms with Crippen molar-refractivity contribution >= 4 is 22.8 Å². The van der Waals surface area contributed by atoms with Crippen molar-refractivity contribution in [3.05, 3.63) is 0 Å². The van der Waals surface area contributed by atoms with Crippen LogP contribution in [0.15, 0.2) is 0 Å². The van der Waals surface area contributed by atoms with Gasteiger partial charge in [0.05, 0.1) is 0 Å². The van der Waals surface area contributed by atoms with Gasteiger partial charge in [0.15, 0.2) is 0 Å². The minimum atomic E-state index is -1.19. The predicted octanol–water partition coefficient (Wildman–Crippen LogP) is -1.11. The van der Waals surface area contributed by atoms with Crippen LogP contribution in [0.4, 0.5) is 4.79 Å². The van der Waals surface area contributed by atoms with Crippen LogP contribution in [0, 0.1) is 0 Å². The van der Waals surface area contributed by atoms with Crippen LogP contribution < -0.4 is 10.6 Å². The SMILES string of the molecule is CS(=O)CCCNC(=O)NC(CCO)C(=O)O. The number of aliphatic carboxylic acids is 1. The molecule has 0 aromatic rings. The molecule has 17 heavy (non-hydrogen) atoms. The Bertz CT molecular complexity index is 285. The summed E-state index contributed by atoms with van der Waals surface area (Å²) in [6.45, 7) is 0.0168. The van der Waals surface area contributed by atoms with Crippen molar-refractivity contribution in [2.75, 3.05) is 25.2 Å². The Morgan fingerprint density at radius 3 is 2.53 bits per heavy atom. The van der Waals surface area contributed by atoms with Gasteiger partial charge in [0, 0.05) is 42.4 Å². The maximum Gasteiger partial charge on any atom is 0.326 e. The quantitative estimate of drug-likeness (QED) is 0.416. The van der Waals surface area contributed by atoms with Gasteiger partial charge in [-0.05, 0) is 6.42 Å². The number of carbonyl (C=O) groups excluding carboxylic acids is 1. The number of nitrogens with one attached hydrogen (secondary N) is 2. The van der Waals surface area contributed by atoms with Crippen molar-refractivity contribution in [3.63, 3.8) is 0 Å². The molecule has 2 unspecified atom stereocenters. The summed E-state index contributed by atoms with van der Waals surface area (Å²) >= 11 is 0. The molecule has 2 atom stereocenters. The average molecular weight is 266 g/mol. The minimum Gasteiger partial charge on any atom is -0.480 e. The highest BCUT2D eigenvalue weighted by atomic mass is 32.2. The summed E-state index contributed by atoms with van der Waals surface area (Å²) in [7, 11) is -0.900. The fourth-order valence-corrected chi connectivity index (χ4v) is 1.62. The van der Waals surface area contributed by atoms with E-state index in [0.29, 0.717) is 18.7 Å². The Hall–Kier alpha value is -1.15. The lowest BCUT2D eigenvalue weighted by Crippen LogP contribution is -2.46. The Kier molecular flexibility index (Phi) is 8.34. The Morgan fingerprint density at radius 1 is 1.41 bits per heavy atom. The molecule has 0 saturated carbocycles. The first-order valence-electron chi connectivity index (χ1n) is 5.15. The third-order valence-corrected chi connectivity index (χ3v) is 2.78. The molecule has 0 aliphatic heterocycles. The second-order valence-electron chi connectivity index (χ2n) is 3.43. The van der Waals surface area contributed by atoms with Gasteiger partial charge in [0.1, 0.15) is 6.04 Å². The zero-order valence-corrected chi connectivity index (χ0v) is 10.5. The van der Waals surface area contributed by atoms with Crippen molar-refractivity contribution in [1.29, 1.82) is 0 Å². The molecule has 0 fully saturated rings. The van der Waals surface area contributed by atoms with Gasteiger partial charge in [-0.1, -0.05) is 0 Å². The van der Waals surface area contributed by atoms with E-state index in [-0.39, 0.29) is 13.0 Å². The molecule has 8 heteroatoms. The van der Waals surface area contributed by atoms with Gasteiger partial charge in [0.2, 0.25) is 0 Å². The highest BCUT2D eigenvalue weighted by Crippen LogP contribution is 1.91. The second-order valence-corrected chi connectivity index (χ2v) is 4.99. The molecule has 7 nitrogen and oxygen atoms in total. The number of carboxylic acid groups (broad SMARTS) is 1. The summed E-state index contributed by atoms with van der Waals surface area (Å²) in [6, 6.07) is -1.70. The number of carbonyl (C=O) groups is 2. The van der Waals surface area contributed by atoms with Crippen LogP contribution in [0.5, 0.6) is 0 Å². The zero-order valence-electron chi connectivity index (χ0n) is 9.64. The topological polar surface area (TPSA) is 116 Å². The molecular weight excluding hydrogens is 248 g/mol. The number of aliphatic hydroxyl groups excluding tert-OH is 1. The fraction of sp³-hybridized carbons (Fsp3) is 0.778. The van der Waals surface area contributed by atoms with E-state index in [1.807, 2.05) is 0 Å². The molecule has 100 valence electrons. The summed E-state index contributed by atoms with van der Waals surface area (Å²) in [5, 5.41) is 22.0. The van der Waals surface area contributed by atoms with E-state index in [1.165, 1.54) is 0 Å². The van der Waals surface area contributed by atoms with Crippen LogP contribution in [0.2, 0.25) is 0 Å². The van der Waals surface area contributed by atoms with E-state index in [0.717, 1.165) is 0 Å². The van der Waals surface area contributed by atoms with Crippen molar-refractivity contribution in [3.8, 4) is 0 Å². The van der Waals surface area contributed by atoms with Crippen LogP contribution in [0.1, 0.15) is 12.8 Å². The molecule has 0 aliphatic carbocycles. The molecule has 0 rings (SSSR count). The lowest BCUT2D eigenvalue weighted by Gasteiger charge is -2.13. The summed E-state index contributed by atoms with van der Waals surface area (Å²) in [5.41, 5.74) is 0. The first-order valence-corrected chi connectivity index (χ1v) is 6.88. The predicted molar refractivity (Wildman–Crippen MR) is 63.2 cm³/mol. The largest absolute Gasteiger partial charge is 0.480 e. The molecule has 0 heterocycles. The molecule has 4 N–H and O–H groups in total. The molecule has 0 saturated heterocycles. The third kappa shape index (κ3) is 8.64. The molecule has 0 aromatic carbocycles. The highest BCUT2D eigenvalue weighted by Gasteiger charge is 2.18.